The molecule has 2 aromatic rings. The number of aryl methyl sites for hydroxylation is 2. The van der Waals surface area contributed by atoms with Gasteiger partial charge in [0.2, 0.25) is 0 Å². The number of nitrogens with zero attached hydrogens (tertiary/aromatic N) is 3. The Kier molecular flexibility index (Phi) is 3.88. The Labute approximate surface area is 117 Å². The Morgan fingerprint density at radius 1 is 1.10 bits per heavy atom. The molecule has 1 aromatic heterocycles. The Hall–Kier alpha value is -2.17. The van der Waals surface area contributed by atoms with Gasteiger partial charge in [0.15, 0.2) is 0 Å². The number of hydrogen-bond acceptors (Lipinski definition) is 3. The third-order valence-corrected chi connectivity index (χ3v) is 3.27. The summed E-state index contributed by atoms with van der Waals surface area (Å²) in [6, 6.07) is 7.76. The van der Waals surface area contributed by atoms with E-state index in [0.717, 1.165) is 5.56 Å². The molecule has 20 heavy (non-hydrogen) atoms. The molecule has 5 nitrogen and oxygen atoms in total. The minimum atomic E-state index is -0.484. The summed E-state index contributed by atoms with van der Waals surface area (Å²) in [5.74, 6) is 0.442. The first kappa shape index (κ1) is 14.2. The van der Waals surface area contributed by atoms with Crippen LogP contribution in [0.25, 0.3) is 0 Å². The zero-order valence-corrected chi connectivity index (χ0v) is 12.3. The van der Waals surface area contributed by atoms with Gasteiger partial charge >= 0.3 is 11.4 Å². The maximum absolute atomic E-state index is 12.4. The fourth-order valence-electron chi connectivity index (χ4n) is 2.10. The van der Waals surface area contributed by atoms with Gasteiger partial charge in [-0.15, -0.1) is 0 Å². The summed E-state index contributed by atoms with van der Waals surface area (Å²) < 4.78 is 2.72. The van der Waals surface area contributed by atoms with Gasteiger partial charge in [0.05, 0.1) is 6.54 Å². The van der Waals surface area contributed by atoms with Gasteiger partial charge in [-0.05, 0) is 33.3 Å². The normalized spacial score (nSPS) is 11.1. The SMILES string of the molecule is Cc1ccc(Cn2c(C)nc(=O)n(C(C)C)c2=O)cc1. The predicted molar refractivity (Wildman–Crippen MR) is 78.2 cm³/mol. The molecule has 0 saturated heterocycles. The van der Waals surface area contributed by atoms with Crippen LogP contribution in [-0.4, -0.2) is 14.1 Å². The average molecular weight is 273 g/mol. The summed E-state index contributed by atoms with van der Waals surface area (Å²) in [5, 5.41) is 0. The molecule has 0 aliphatic heterocycles. The molecule has 5 heteroatoms. The van der Waals surface area contributed by atoms with E-state index in [-0.39, 0.29) is 11.7 Å². The van der Waals surface area contributed by atoms with Crippen molar-refractivity contribution in [1.29, 1.82) is 0 Å². The van der Waals surface area contributed by atoms with Crippen LogP contribution in [0.4, 0.5) is 0 Å². The van der Waals surface area contributed by atoms with Crippen molar-refractivity contribution >= 4 is 0 Å². The highest BCUT2D eigenvalue weighted by atomic mass is 16.2. The minimum absolute atomic E-state index is 0.202. The molecule has 0 N–H and O–H groups in total. The van der Waals surface area contributed by atoms with E-state index in [2.05, 4.69) is 4.98 Å². The second-order valence-electron chi connectivity index (χ2n) is 5.26. The molecule has 0 amide bonds. The van der Waals surface area contributed by atoms with E-state index in [1.165, 1.54) is 14.7 Å². The predicted octanol–water partition coefficient (Wildman–Crippen LogP) is 1.65. The molecule has 106 valence electrons. The molecule has 1 aromatic carbocycles. The van der Waals surface area contributed by atoms with Crippen LogP contribution >= 0.6 is 0 Å². The van der Waals surface area contributed by atoms with Crippen LogP contribution in [0.3, 0.4) is 0 Å². The van der Waals surface area contributed by atoms with Crippen LogP contribution in [0.15, 0.2) is 33.9 Å². The molecule has 0 unspecified atom stereocenters. The maximum atomic E-state index is 12.4. The van der Waals surface area contributed by atoms with Crippen LogP contribution in [0, 0.1) is 13.8 Å². The van der Waals surface area contributed by atoms with E-state index in [1.807, 2.05) is 31.2 Å². The second-order valence-corrected chi connectivity index (χ2v) is 5.26. The van der Waals surface area contributed by atoms with E-state index in [0.29, 0.717) is 12.4 Å². The van der Waals surface area contributed by atoms with Crippen molar-refractivity contribution in [1.82, 2.24) is 14.1 Å². The van der Waals surface area contributed by atoms with Crippen molar-refractivity contribution in [3.63, 3.8) is 0 Å². The molecular weight excluding hydrogens is 254 g/mol. The van der Waals surface area contributed by atoms with E-state index in [1.54, 1.807) is 20.8 Å². The molecule has 1 heterocycles. The third-order valence-electron chi connectivity index (χ3n) is 3.27. The summed E-state index contributed by atoms with van der Waals surface area (Å²) >= 11 is 0. The van der Waals surface area contributed by atoms with Crippen molar-refractivity contribution in [2.24, 2.45) is 0 Å². The van der Waals surface area contributed by atoms with Gasteiger partial charge in [-0.1, -0.05) is 29.8 Å². The van der Waals surface area contributed by atoms with Crippen LogP contribution in [-0.2, 0) is 6.54 Å². The van der Waals surface area contributed by atoms with Crippen LogP contribution in [0.2, 0.25) is 0 Å². The monoisotopic (exact) mass is 273 g/mol. The molecule has 0 radical (unpaired) electrons. The summed E-state index contributed by atoms with van der Waals surface area (Å²) in [5.41, 5.74) is 1.39. The fraction of sp³-hybridized carbons (Fsp3) is 0.400. The first-order chi connectivity index (χ1) is 9.40. The van der Waals surface area contributed by atoms with Gasteiger partial charge < -0.3 is 0 Å². The Balaban J connectivity index is 2.52. The summed E-state index contributed by atoms with van der Waals surface area (Å²) in [6.45, 7) is 7.72. The largest absolute Gasteiger partial charge is 0.353 e. The molecular formula is C15H19N3O2. The van der Waals surface area contributed by atoms with E-state index >= 15 is 0 Å². The van der Waals surface area contributed by atoms with Crippen molar-refractivity contribution in [3.05, 3.63) is 62.2 Å². The lowest BCUT2D eigenvalue weighted by atomic mass is 10.1. The highest BCUT2D eigenvalue weighted by Crippen LogP contribution is 2.05. The van der Waals surface area contributed by atoms with E-state index in [4.69, 9.17) is 0 Å². The second kappa shape index (κ2) is 5.45. The minimum Gasteiger partial charge on any atom is -0.277 e. The van der Waals surface area contributed by atoms with Crippen LogP contribution < -0.4 is 11.4 Å². The Bertz CT molecular complexity index is 724. The topological polar surface area (TPSA) is 56.9 Å². The van der Waals surface area contributed by atoms with Gasteiger partial charge in [-0.3, -0.25) is 4.57 Å². The average Bonchev–Trinajstić information content (AvgIpc) is 2.36. The summed E-state index contributed by atoms with van der Waals surface area (Å²) in [6.07, 6.45) is 0. The van der Waals surface area contributed by atoms with Gasteiger partial charge in [-0.2, -0.15) is 4.98 Å². The molecule has 0 atom stereocenters. The highest BCUT2D eigenvalue weighted by molar-refractivity contribution is 5.21. The first-order valence-corrected chi connectivity index (χ1v) is 6.65. The lowest BCUT2D eigenvalue weighted by Gasteiger charge is -2.14. The standard InChI is InChI=1S/C15H19N3O2/c1-10(2)18-14(19)16-12(4)17(15(18)20)9-13-7-5-11(3)6-8-13/h5-8,10H,9H2,1-4H3. The van der Waals surface area contributed by atoms with E-state index in [9.17, 15) is 9.59 Å². The van der Waals surface area contributed by atoms with E-state index < -0.39 is 5.69 Å². The van der Waals surface area contributed by atoms with Crippen molar-refractivity contribution in [2.75, 3.05) is 0 Å². The molecule has 0 spiro atoms. The van der Waals surface area contributed by atoms with Gasteiger partial charge in [0.25, 0.3) is 0 Å². The summed E-state index contributed by atoms with van der Waals surface area (Å²) in [4.78, 5) is 28.1. The van der Waals surface area contributed by atoms with Gasteiger partial charge in [0.1, 0.15) is 5.82 Å². The Morgan fingerprint density at radius 2 is 1.70 bits per heavy atom. The quantitative estimate of drug-likeness (QED) is 0.854. The fourth-order valence-corrected chi connectivity index (χ4v) is 2.10. The lowest BCUT2D eigenvalue weighted by Crippen LogP contribution is -2.43. The Morgan fingerprint density at radius 3 is 2.25 bits per heavy atom. The van der Waals surface area contributed by atoms with Crippen LogP contribution in [0.5, 0.6) is 0 Å². The molecule has 0 fully saturated rings. The smallest absolute Gasteiger partial charge is 0.277 e. The van der Waals surface area contributed by atoms with Gasteiger partial charge in [-0.25, -0.2) is 14.2 Å². The lowest BCUT2D eigenvalue weighted by molar-refractivity contribution is 0.483. The number of hydrogen-bond donors (Lipinski definition) is 0. The van der Waals surface area contributed by atoms with Crippen LogP contribution in [0.1, 0.15) is 36.8 Å². The molecule has 2 rings (SSSR count). The molecule has 0 aliphatic carbocycles. The van der Waals surface area contributed by atoms with Crippen molar-refractivity contribution in [3.8, 4) is 0 Å². The molecule has 0 aliphatic rings. The van der Waals surface area contributed by atoms with Crippen molar-refractivity contribution < 1.29 is 0 Å². The zero-order valence-electron chi connectivity index (χ0n) is 12.3. The van der Waals surface area contributed by atoms with Gasteiger partial charge in [0, 0.05) is 6.04 Å². The number of aromatic nitrogens is 3. The summed E-state index contributed by atoms with van der Waals surface area (Å²) in [7, 11) is 0. The first-order valence-electron chi connectivity index (χ1n) is 6.65. The number of benzene rings is 1. The molecule has 0 bridgehead atoms. The molecule has 0 saturated carbocycles. The zero-order chi connectivity index (χ0) is 14.9. The highest BCUT2D eigenvalue weighted by Gasteiger charge is 2.12. The third kappa shape index (κ3) is 2.71. The number of rotatable bonds is 3. The van der Waals surface area contributed by atoms with Crippen molar-refractivity contribution in [2.45, 2.75) is 40.3 Å². The maximum Gasteiger partial charge on any atom is 0.353 e.